The van der Waals surface area contributed by atoms with Gasteiger partial charge in [-0.05, 0) is 81.0 Å². The SMILES string of the molecule is CCC(C)[C@H](NC(=O)[C@H](CCCCN)NC(=O)[C@@H](NC(=O)[C@H](CCC(N)=O)NC(=O)[C@H](CCCN=C(N)N)NC(=O)[C@H](C)N)C(C)CC)C(=O)N[C@@H](Cc1c[nH]c2ccccc12)C(=O)N[C@@H](Cc1ccccc1)C(=O)NC. The van der Waals surface area contributed by atoms with Crippen LogP contribution in [0.25, 0.3) is 10.9 Å². The van der Waals surface area contributed by atoms with Crippen LogP contribution in [0.3, 0.4) is 0 Å². The number of carbonyl (C=O) groups is 9. The van der Waals surface area contributed by atoms with Crippen molar-refractivity contribution in [3.63, 3.8) is 0 Å². The van der Waals surface area contributed by atoms with Gasteiger partial charge in [-0.2, -0.15) is 0 Å². The molecule has 1 heterocycles. The van der Waals surface area contributed by atoms with Crippen LogP contribution < -0.4 is 71.2 Å². The molecule has 0 radical (unpaired) electrons. The molecule has 0 saturated carbocycles. The van der Waals surface area contributed by atoms with Crippen LogP contribution in [0.1, 0.15) is 104 Å². The smallest absolute Gasteiger partial charge is 0.243 e. The third-order valence-corrected chi connectivity index (χ3v) is 13.4. The number of aliphatic imine (C=N–C) groups is 1. The predicted molar refractivity (Wildman–Crippen MR) is 294 cm³/mol. The highest BCUT2D eigenvalue weighted by molar-refractivity contribution is 5.98. The highest BCUT2D eigenvalue weighted by Crippen LogP contribution is 2.20. The number of H-pyrrole nitrogens is 1. The van der Waals surface area contributed by atoms with E-state index in [9.17, 15) is 43.2 Å². The molecule has 424 valence electrons. The van der Waals surface area contributed by atoms with Crippen molar-refractivity contribution in [1.82, 2.24) is 47.5 Å². The fourth-order valence-electron chi connectivity index (χ4n) is 8.33. The summed E-state index contributed by atoms with van der Waals surface area (Å²) in [7, 11) is 1.46. The number of nitrogens with two attached hydrogens (primary N) is 5. The normalized spacial score (nSPS) is 15.0. The highest BCUT2D eigenvalue weighted by Gasteiger charge is 2.37. The van der Waals surface area contributed by atoms with E-state index in [-0.39, 0.29) is 64.0 Å². The van der Waals surface area contributed by atoms with Crippen LogP contribution in [0.4, 0.5) is 0 Å². The molecular formula is C53H83N15O9. The molecule has 0 aliphatic heterocycles. The lowest BCUT2D eigenvalue weighted by Crippen LogP contribution is -2.62. The van der Waals surface area contributed by atoms with Crippen molar-refractivity contribution in [1.29, 1.82) is 0 Å². The lowest BCUT2D eigenvalue weighted by Gasteiger charge is -2.31. The van der Waals surface area contributed by atoms with E-state index in [4.69, 9.17) is 28.7 Å². The number of likely N-dealkylation sites (N-methyl/N-ethyl adjacent to an activating group) is 1. The van der Waals surface area contributed by atoms with Crippen LogP contribution in [0, 0.1) is 11.8 Å². The fraction of sp³-hybridized carbons (Fsp3) is 0.547. The number of unbranched alkanes of at least 4 members (excludes halogenated alkanes) is 1. The Morgan fingerprint density at radius 3 is 1.58 bits per heavy atom. The molecule has 2 unspecified atom stereocenters. The summed E-state index contributed by atoms with van der Waals surface area (Å²) in [5.41, 5.74) is 30.2. The first-order valence-corrected chi connectivity index (χ1v) is 26.4. The largest absolute Gasteiger partial charge is 0.370 e. The number of carbonyl (C=O) groups excluding carboxylic acids is 9. The molecule has 24 nitrogen and oxygen atoms in total. The maximum atomic E-state index is 14.6. The van der Waals surface area contributed by atoms with Gasteiger partial charge in [0.1, 0.15) is 42.3 Å². The van der Waals surface area contributed by atoms with Gasteiger partial charge in [0.25, 0.3) is 0 Å². The first-order valence-electron chi connectivity index (χ1n) is 26.4. The lowest BCUT2D eigenvalue weighted by atomic mass is 9.95. The van der Waals surface area contributed by atoms with E-state index >= 15 is 0 Å². The Kier molecular flexibility index (Phi) is 27.1. The van der Waals surface area contributed by atoms with Gasteiger partial charge in [-0.15, -0.1) is 0 Å². The zero-order valence-electron chi connectivity index (χ0n) is 45.2. The molecular weight excluding hydrogens is 991 g/mol. The van der Waals surface area contributed by atoms with E-state index in [0.717, 1.165) is 16.5 Å². The van der Waals surface area contributed by atoms with Crippen molar-refractivity contribution in [2.75, 3.05) is 20.1 Å². The summed E-state index contributed by atoms with van der Waals surface area (Å²) in [6.45, 7) is 8.90. The van der Waals surface area contributed by atoms with E-state index in [1.165, 1.54) is 14.0 Å². The fourth-order valence-corrected chi connectivity index (χ4v) is 8.33. The van der Waals surface area contributed by atoms with Crippen molar-refractivity contribution >= 4 is 70.0 Å². The molecule has 77 heavy (non-hydrogen) atoms. The van der Waals surface area contributed by atoms with E-state index in [2.05, 4.69) is 52.5 Å². The van der Waals surface area contributed by atoms with E-state index in [0.29, 0.717) is 31.2 Å². The van der Waals surface area contributed by atoms with Crippen molar-refractivity contribution in [3.05, 3.63) is 71.9 Å². The van der Waals surface area contributed by atoms with Gasteiger partial charge in [-0.3, -0.25) is 48.1 Å². The summed E-state index contributed by atoms with van der Waals surface area (Å²) in [5.74, 6) is -7.58. The molecule has 10 atom stereocenters. The quantitative estimate of drug-likeness (QED) is 0.0194. The van der Waals surface area contributed by atoms with Crippen molar-refractivity contribution < 1.29 is 43.2 Å². The zero-order chi connectivity index (χ0) is 57.2. The summed E-state index contributed by atoms with van der Waals surface area (Å²) in [5, 5.41) is 22.6. The van der Waals surface area contributed by atoms with E-state index in [1.807, 2.05) is 61.5 Å². The Hall–Kier alpha value is -7.60. The lowest BCUT2D eigenvalue weighted by molar-refractivity contribution is -0.137. The number of hydrogen-bond donors (Lipinski definition) is 14. The first-order chi connectivity index (χ1) is 36.6. The standard InChI is InChI=1S/C53H83N15O9/c1-7-30(3)43(68-49(74)39(23-24-42(56)69)63-47(72)38(62-45(70)32(5)55)22-16-26-60-53(57)58)51(76)64-37(21-14-15-25-54)48(73)67-44(31(4)8-2)52(77)66-41(28-34-29-61-36-20-13-12-19-35(34)36)50(75)65-40(46(71)59-6)27-33-17-10-9-11-18-33/h9-13,17-20,29-32,37-41,43-44,61H,7-8,14-16,21-28,54-55H2,1-6H3,(H2,56,69)(H,59,71)(H,62,70)(H,63,72)(H,64,76)(H,65,75)(H,66,77)(H,67,73)(H,68,74)(H4,57,58,60)/t30?,31?,32-,37-,38-,39-,40-,41-,43-,44-/m0/s1. The summed E-state index contributed by atoms with van der Waals surface area (Å²) >= 11 is 0. The summed E-state index contributed by atoms with van der Waals surface area (Å²) in [6, 6.07) is 6.96. The Morgan fingerprint density at radius 2 is 1.04 bits per heavy atom. The number of rotatable bonds is 34. The molecule has 3 aromatic rings. The maximum absolute atomic E-state index is 14.6. The predicted octanol–water partition coefficient (Wildman–Crippen LogP) is -1.02. The summed E-state index contributed by atoms with van der Waals surface area (Å²) < 4.78 is 0. The van der Waals surface area contributed by atoms with Gasteiger partial charge in [0.05, 0.1) is 6.04 Å². The summed E-state index contributed by atoms with van der Waals surface area (Å²) in [6.07, 6.45) is 3.28. The van der Waals surface area contributed by atoms with Gasteiger partial charge in [-0.25, -0.2) is 0 Å². The molecule has 2 aromatic carbocycles. The molecule has 0 aliphatic carbocycles. The topological polar surface area (TPSA) is 408 Å². The van der Waals surface area contributed by atoms with Crippen LogP contribution in [-0.2, 0) is 56.0 Å². The van der Waals surface area contributed by atoms with Gasteiger partial charge >= 0.3 is 0 Å². The Balaban J connectivity index is 1.94. The van der Waals surface area contributed by atoms with Crippen molar-refractivity contribution in [2.45, 2.75) is 154 Å². The van der Waals surface area contributed by atoms with Crippen molar-refractivity contribution in [3.8, 4) is 0 Å². The number of hydrogen-bond acceptors (Lipinski definition) is 12. The minimum atomic E-state index is -1.43. The number of aromatic nitrogens is 1. The maximum Gasteiger partial charge on any atom is 0.243 e. The molecule has 0 saturated heterocycles. The van der Waals surface area contributed by atoms with Gasteiger partial charge in [0.15, 0.2) is 5.96 Å². The van der Waals surface area contributed by atoms with Crippen LogP contribution in [0.5, 0.6) is 0 Å². The molecule has 24 heteroatoms. The third kappa shape index (κ3) is 21.2. The second-order valence-corrected chi connectivity index (χ2v) is 19.4. The van der Waals surface area contributed by atoms with Crippen LogP contribution in [0.2, 0.25) is 0 Å². The Labute approximate surface area is 450 Å². The Morgan fingerprint density at radius 1 is 0.558 bits per heavy atom. The van der Waals surface area contributed by atoms with Crippen molar-refractivity contribution in [2.24, 2.45) is 45.5 Å². The number of primary amides is 1. The monoisotopic (exact) mass is 1070 g/mol. The first kappa shape index (κ1) is 63.7. The molecule has 3 rings (SSSR count). The number of nitrogens with zero attached hydrogens (tertiary/aromatic N) is 1. The zero-order valence-corrected chi connectivity index (χ0v) is 45.2. The summed E-state index contributed by atoms with van der Waals surface area (Å²) in [4.78, 5) is 131. The molecule has 0 fully saturated rings. The van der Waals surface area contributed by atoms with E-state index in [1.54, 1.807) is 27.0 Å². The van der Waals surface area contributed by atoms with Gasteiger partial charge in [-0.1, -0.05) is 89.1 Å². The number of amides is 9. The van der Waals surface area contributed by atoms with Crippen LogP contribution in [-0.4, -0.2) is 133 Å². The molecule has 0 aliphatic rings. The van der Waals surface area contributed by atoms with Gasteiger partial charge in [0, 0.05) is 50.0 Å². The molecule has 19 N–H and O–H groups in total. The average Bonchev–Trinajstić information content (AvgIpc) is 3.82. The number of nitrogens with one attached hydrogen (secondary N) is 9. The average molecular weight is 1070 g/mol. The van der Waals surface area contributed by atoms with E-state index < -0.39 is 113 Å². The molecule has 9 amide bonds. The third-order valence-electron chi connectivity index (χ3n) is 13.4. The molecule has 0 bridgehead atoms. The molecule has 0 spiro atoms. The number of para-hydroxylation sites is 1. The number of aromatic amines is 1. The molecule has 1 aromatic heterocycles. The minimum absolute atomic E-state index is 0.00747. The minimum Gasteiger partial charge on any atom is -0.370 e. The van der Waals surface area contributed by atoms with Crippen LogP contribution in [0.15, 0.2) is 65.8 Å². The van der Waals surface area contributed by atoms with Gasteiger partial charge in [0.2, 0.25) is 53.2 Å². The van der Waals surface area contributed by atoms with Crippen LogP contribution >= 0.6 is 0 Å². The highest BCUT2D eigenvalue weighted by atomic mass is 16.2. The number of fused-ring (bicyclic) bond motifs is 1. The second kappa shape index (κ2) is 32.8. The second-order valence-electron chi connectivity index (χ2n) is 19.4. The van der Waals surface area contributed by atoms with Gasteiger partial charge < -0.3 is 76.2 Å². The Bertz CT molecular complexity index is 2460. The number of guanidine groups is 1. The number of benzene rings is 2.